The highest BCUT2D eigenvalue weighted by Crippen LogP contribution is 2.24. The van der Waals surface area contributed by atoms with Gasteiger partial charge in [0, 0.05) is 25.7 Å². The van der Waals surface area contributed by atoms with Gasteiger partial charge in [-0.25, -0.2) is 8.42 Å². The number of benzene rings is 1. The Balaban J connectivity index is 2.22. The van der Waals surface area contributed by atoms with Gasteiger partial charge in [0.25, 0.3) is 5.69 Å². The Bertz CT molecular complexity index is 756. The number of hydrogen-bond donors (Lipinski definition) is 0. The predicted molar refractivity (Wildman–Crippen MR) is 83.8 cm³/mol. The molecule has 112 valence electrons. The molecular weight excluding hydrogens is 380 g/mol. The first kappa shape index (κ1) is 16.1. The van der Waals surface area contributed by atoms with Gasteiger partial charge < -0.3 is 0 Å². The van der Waals surface area contributed by atoms with Gasteiger partial charge in [-0.15, -0.1) is 11.3 Å². The SMILES string of the molecule is CN(Cc1csc(Br)c1)S(=O)(=O)c1ccc([N+](=O)[O-])cc1. The fourth-order valence-corrected chi connectivity index (χ4v) is 4.05. The molecule has 0 saturated heterocycles. The Kier molecular flexibility index (Phi) is 4.77. The molecule has 0 fully saturated rings. The molecule has 0 radical (unpaired) electrons. The summed E-state index contributed by atoms with van der Waals surface area (Å²) in [6, 6.07) is 6.71. The van der Waals surface area contributed by atoms with E-state index in [1.54, 1.807) is 0 Å². The normalized spacial score (nSPS) is 11.8. The van der Waals surface area contributed by atoms with Gasteiger partial charge in [-0.3, -0.25) is 10.1 Å². The minimum Gasteiger partial charge on any atom is -0.258 e. The molecule has 0 N–H and O–H groups in total. The molecule has 21 heavy (non-hydrogen) atoms. The van der Waals surface area contributed by atoms with Crippen molar-refractivity contribution in [2.45, 2.75) is 11.4 Å². The van der Waals surface area contributed by atoms with Crippen LogP contribution in [0.4, 0.5) is 5.69 Å². The van der Waals surface area contributed by atoms with Crippen LogP contribution >= 0.6 is 27.3 Å². The fourth-order valence-electron chi connectivity index (χ4n) is 1.69. The van der Waals surface area contributed by atoms with E-state index in [-0.39, 0.29) is 17.1 Å². The molecular formula is C12H11BrN2O4S2. The van der Waals surface area contributed by atoms with Gasteiger partial charge in [0.05, 0.1) is 13.6 Å². The zero-order valence-corrected chi connectivity index (χ0v) is 14.1. The summed E-state index contributed by atoms with van der Waals surface area (Å²) in [6.07, 6.45) is 0. The van der Waals surface area contributed by atoms with E-state index in [4.69, 9.17) is 0 Å². The summed E-state index contributed by atoms with van der Waals surface area (Å²) >= 11 is 4.80. The van der Waals surface area contributed by atoms with Crippen molar-refractivity contribution in [2.24, 2.45) is 0 Å². The maximum Gasteiger partial charge on any atom is 0.269 e. The zero-order chi connectivity index (χ0) is 15.6. The highest BCUT2D eigenvalue weighted by Gasteiger charge is 2.22. The summed E-state index contributed by atoms with van der Waals surface area (Å²) in [5.74, 6) is 0. The lowest BCUT2D eigenvalue weighted by Crippen LogP contribution is -2.26. The molecule has 2 aromatic rings. The fraction of sp³-hybridized carbons (Fsp3) is 0.167. The van der Waals surface area contributed by atoms with Crippen LogP contribution in [0.5, 0.6) is 0 Å². The second-order valence-corrected chi connectivity index (χ2v) is 8.61. The van der Waals surface area contributed by atoms with E-state index in [0.29, 0.717) is 0 Å². The standard InChI is InChI=1S/C12H11BrN2O4S2/c1-14(7-9-6-12(13)20-8-9)21(18,19)11-4-2-10(3-5-11)15(16)17/h2-6,8H,7H2,1H3. The number of thiophene rings is 1. The van der Waals surface area contributed by atoms with E-state index in [1.807, 2.05) is 11.4 Å². The maximum absolute atomic E-state index is 12.4. The predicted octanol–water partition coefficient (Wildman–Crippen LogP) is 3.24. The largest absolute Gasteiger partial charge is 0.269 e. The van der Waals surface area contributed by atoms with Crippen LogP contribution in [0.3, 0.4) is 0 Å². The summed E-state index contributed by atoms with van der Waals surface area (Å²) in [4.78, 5) is 10.0. The van der Waals surface area contributed by atoms with Crippen molar-refractivity contribution in [2.75, 3.05) is 7.05 Å². The maximum atomic E-state index is 12.4. The van der Waals surface area contributed by atoms with E-state index in [9.17, 15) is 18.5 Å². The first-order valence-corrected chi connectivity index (χ1v) is 8.85. The van der Waals surface area contributed by atoms with Gasteiger partial charge in [0.1, 0.15) is 0 Å². The summed E-state index contributed by atoms with van der Waals surface area (Å²) in [5.41, 5.74) is 0.734. The molecule has 0 bridgehead atoms. The highest BCUT2D eigenvalue weighted by molar-refractivity contribution is 9.11. The Hall–Kier alpha value is -1.29. The Labute approximate surface area is 134 Å². The van der Waals surface area contributed by atoms with Crippen molar-refractivity contribution in [3.05, 3.63) is 55.2 Å². The molecule has 6 nitrogen and oxygen atoms in total. The van der Waals surface area contributed by atoms with E-state index >= 15 is 0 Å². The van der Waals surface area contributed by atoms with Crippen LogP contribution in [-0.4, -0.2) is 24.7 Å². The lowest BCUT2D eigenvalue weighted by atomic mass is 10.3. The van der Waals surface area contributed by atoms with Gasteiger partial charge in [-0.2, -0.15) is 4.31 Å². The van der Waals surface area contributed by atoms with Crippen LogP contribution in [0, 0.1) is 10.1 Å². The van der Waals surface area contributed by atoms with Crippen LogP contribution in [0.2, 0.25) is 0 Å². The lowest BCUT2D eigenvalue weighted by Gasteiger charge is -2.16. The van der Waals surface area contributed by atoms with Crippen LogP contribution in [-0.2, 0) is 16.6 Å². The van der Waals surface area contributed by atoms with Gasteiger partial charge in [-0.05, 0) is 45.1 Å². The molecule has 0 aliphatic rings. The molecule has 2 rings (SSSR count). The van der Waals surface area contributed by atoms with Crippen molar-refractivity contribution >= 4 is 43.0 Å². The number of sulfonamides is 1. The number of halogens is 1. The molecule has 1 heterocycles. The number of non-ortho nitro benzene ring substituents is 1. The van der Waals surface area contributed by atoms with Crippen molar-refractivity contribution in [1.82, 2.24) is 4.31 Å². The van der Waals surface area contributed by atoms with Crippen LogP contribution in [0.25, 0.3) is 0 Å². The minimum atomic E-state index is -3.67. The third-order valence-electron chi connectivity index (χ3n) is 2.78. The second kappa shape index (κ2) is 6.22. The average molecular weight is 391 g/mol. The summed E-state index contributed by atoms with van der Waals surface area (Å²) in [6.45, 7) is 0.238. The molecule has 0 aliphatic carbocycles. The van der Waals surface area contributed by atoms with E-state index in [0.717, 1.165) is 9.35 Å². The Morgan fingerprint density at radius 1 is 1.33 bits per heavy atom. The molecule has 0 atom stereocenters. The smallest absolute Gasteiger partial charge is 0.258 e. The minimum absolute atomic E-state index is 0.0323. The number of nitrogens with zero attached hydrogens (tertiary/aromatic N) is 2. The summed E-state index contributed by atoms with van der Waals surface area (Å²) in [7, 11) is -2.20. The van der Waals surface area contributed by atoms with Crippen molar-refractivity contribution in [3.8, 4) is 0 Å². The molecule has 0 amide bonds. The van der Waals surface area contributed by atoms with Gasteiger partial charge in [0.15, 0.2) is 0 Å². The zero-order valence-electron chi connectivity index (χ0n) is 10.9. The molecule has 0 aliphatic heterocycles. The number of nitro benzene ring substituents is 1. The first-order chi connectivity index (χ1) is 9.80. The van der Waals surface area contributed by atoms with Crippen molar-refractivity contribution in [1.29, 1.82) is 0 Å². The highest BCUT2D eigenvalue weighted by atomic mass is 79.9. The second-order valence-electron chi connectivity index (χ2n) is 4.27. The molecule has 9 heteroatoms. The average Bonchev–Trinajstić information content (AvgIpc) is 2.84. The number of rotatable bonds is 5. The van der Waals surface area contributed by atoms with Crippen molar-refractivity contribution in [3.63, 3.8) is 0 Å². The van der Waals surface area contributed by atoms with E-state index < -0.39 is 14.9 Å². The van der Waals surface area contributed by atoms with E-state index in [2.05, 4.69) is 15.9 Å². The Morgan fingerprint density at radius 2 is 1.95 bits per heavy atom. The van der Waals surface area contributed by atoms with Gasteiger partial charge in [0.2, 0.25) is 10.0 Å². The van der Waals surface area contributed by atoms with Crippen molar-refractivity contribution < 1.29 is 13.3 Å². The van der Waals surface area contributed by atoms with Crippen LogP contribution < -0.4 is 0 Å². The quantitative estimate of drug-likeness (QED) is 0.579. The Morgan fingerprint density at radius 3 is 2.43 bits per heavy atom. The molecule has 1 aromatic heterocycles. The van der Waals surface area contributed by atoms with Gasteiger partial charge >= 0.3 is 0 Å². The van der Waals surface area contributed by atoms with Crippen LogP contribution in [0.1, 0.15) is 5.56 Å². The summed E-state index contributed by atoms with van der Waals surface area (Å²) in [5, 5.41) is 12.4. The number of hydrogen-bond acceptors (Lipinski definition) is 5. The molecule has 0 saturated carbocycles. The van der Waals surface area contributed by atoms with Crippen LogP contribution in [0.15, 0.2) is 44.4 Å². The third kappa shape index (κ3) is 3.67. The first-order valence-electron chi connectivity index (χ1n) is 5.74. The monoisotopic (exact) mass is 390 g/mol. The molecule has 1 aromatic carbocycles. The summed E-state index contributed by atoms with van der Waals surface area (Å²) < 4.78 is 26.9. The molecule has 0 spiro atoms. The lowest BCUT2D eigenvalue weighted by molar-refractivity contribution is -0.384. The molecule has 0 unspecified atom stereocenters. The topological polar surface area (TPSA) is 80.5 Å². The number of nitro groups is 1. The van der Waals surface area contributed by atoms with E-state index in [1.165, 1.54) is 47.0 Å². The third-order valence-corrected chi connectivity index (χ3v) is 6.15. The van der Waals surface area contributed by atoms with Gasteiger partial charge in [-0.1, -0.05) is 0 Å².